The molecule has 0 saturated carbocycles. The second-order valence-corrected chi connectivity index (χ2v) is 2.36. The summed E-state index contributed by atoms with van der Waals surface area (Å²) in [6.45, 7) is 3.76. The molecule has 0 aromatic heterocycles. The number of amides is 1. The first-order valence-corrected chi connectivity index (χ1v) is 4.01. The Balaban J connectivity index is 3.13. The summed E-state index contributed by atoms with van der Waals surface area (Å²) in [6.07, 6.45) is 1.99. The van der Waals surface area contributed by atoms with E-state index in [-0.39, 0.29) is 5.91 Å². The number of alkyl halides is 1. The van der Waals surface area contributed by atoms with Gasteiger partial charge >= 0.3 is 0 Å². The normalized spacial score (nSPS) is 8.90. The molecule has 0 unspecified atom stereocenters. The lowest BCUT2D eigenvalue weighted by atomic mass is 10.5. The molecule has 0 saturated heterocycles. The molecule has 0 spiro atoms. The summed E-state index contributed by atoms with van der Waals surface area (Å²) in [4.78, 5) is 15.3. The number of carbonyl (C=O) groups is 1. The third kappa shape index (κ3) is 5.78. The van der Waals surface area contributed by atoms with E-state index in [1.165, 1.54) is 0 Å². The van der Waals surface area contributed by atoms with Gasteiger partial charge < -0.3 is 0 Å². The molecule has 0 aromatic rings. The van der Waals surface area contributed by atoms with Crippen molar-refractivity contribution in [3.63, 3.8) is 0 Å². The molecule has 0 aromatic carbocycles. The van der Waals surface area contributed by atoms with Gasteiger partial charge in [0.1, 0.15) is 0 Å². The third-order valence-corrected chi connectivity index (χ3v) is 1.11. The van der Waals surface area contributed by atoms with Gasteiger partial charge in [0.2, 0.25) is 5.91 Å². The van der Waals surface area contributed by atoms with Gasteiger partial charge in [-0.25, -0.2) is 5.48 Å². The van der Waals surface area contributed by atoms with Crippen LogP contribution >= 0.6 is 15.9 Å². The van der Waals surface area contributed by atoms with Crippen LogP contribution in [0.1, 0.15) is 6.42 Å². The van der Waals surface area contributed by atoms with Crippen LogP contribution in [0.25, 0.3) is 0 Å². The topological polar surface area (TPSA) is 38.3 Å². The Bertz CT molecular complexity index is 116. The van der Waals surface area contributed by atoms with E-state index in [1.807, 2.05) is 0 Å². The fraction of sp³-hybridized carbons (Fsp3) is 0.500. The van der Waals surface area contributed by atoms with Gasteiger partial charge in [-0.1, -0.05) is 22.0 Å². The molecule has 0 rings (SSSR count). The third-order valence-electron chi connectivity index (χ3n) is 0.709. The Morgan fingerprint density at radius 1 is 1.80 bits per heavy atom. The predicted octanol–water partition coefficient (Wildman–Crippen LogP) is 1.01. The molecule has 0 aliphatic carbocycles. The van der Waals surface area contributed by atoms with Gasteiger partial charge in [0.15, 0.2) is 0 Å². The van der Waals surface area contributed by atoms with Crippen molar-refractivity contribution in [3.05, 3.63) is 12.7 Å². The standard InChI is InChI=1S/C6H10BrNO2/c1-2-5-10-8-6(9)3-4-7/h2H,1,3-5H2,(H,8,9). The lowest BCUT2D eigenvalue weighted by Crippen LogP contribution is -2.23. The average molecular weight is 208 g/mol. The molecule has 0 radical (unpaired) electrons. The highest BCUT2D eigenvalue weighted by Crippen LogP contribution is 1.86. The van der Waals surface area contributed by atoms with E-state index < -0.39 is 0 Å². The van der Waals surface area contributed by atoms with Crippen molar-refractivity contribution in [2.24, 2.45) is 0 Å². The number of nitrogens with one attached hydrogen (secondary N) is 1. The largest absolute Gasteiger partial charge is 0.273 e. The van der Waals surface area contributed by atoms with E-state index in [2.05, 4.69) is 32.8 Å². The number of carbonyl (C=O) groups excluding carboxylic acids is 1. The Morgan fingerprint density at radius 3 is 3.00 bits per heavy atom. The van der Waals surface area contributed by atoms with E-state index in [9.17, 15) is 4.79 Å². The average Bonchev–Trinajstić information content (AvgIpc) is 1.89. The smallest absolute Gasteiger partial charge is 0.244 e. The van der Waals surface area contributed by atoms with Crippen LogP contribution < -0.4 is 5.48 Å². The summed E-state index contributed by atoms with van der Waals surface area (Å²) in [7, 11) is 0. The summed E-state index contributed by atoms with van der Waals surface area (Å²) in [5, 5.41) is 0.649. The number of rotatable bonds is 5. The van der Waals surface area contributed by atoms with Gasteiger partial charge in [-0.3, -0.25) is 9.63 Å². The minimum absolute atomic E-state index is 0.126. The molecule has 0 aliphatic heterocycles. The highest BCUT2D eigenvalue weighted by molar-refractivity contribution is 9.09. The lowest BCUT2D eigenvalue weighted by Gasteiger charge is -2.00. The summed E-state index contributed by atoms with van der Waals surface area (Å²) < 4.78 is 0. The first-order chi connectivity index (χ1) is 4.81. The number of hydrogen-bond donors (Lipinski definition) is 1. The van der Waals surface area contributed by atoms with Crippen LogP contribution in [0, 0.1) is 0 Å². The van der Waals surface area contributed by atoms with Crippen LogP contribution in [0.15, 0.2) is 12.7 Å². The van der Waals surface area contributed by atoms with E-state index in [1.54, 1.807) is 6.08 Å². The zero-order valence-electron chi connectivity index (χ0n) is 5.60. The molecular weight excluding hydrogens is 198 g/mol. The molecule has 0 bridgehead atoms. The summed E-state index contributed by atoms with van der Waals surface area (Å²) >= 11 is 3.12. The van der Waals surface area contributed by atoms with Crippen molar-refractivity contribution < 1.29 is 9.63 Å². The van der Waals surface area contributed by atoms with Gasteiger partial charge in [-0.15, -0.1) is 6.58 Å². The van der Waals surface area contributed by atoms with E-state index in [0.29, 0.717) is 18.4 Å². The van der Waals surface area contributed by atoms with Crippen molar-refractivity contribution >= 4 is 21.8 Å². The molecule has 58 valence electrons. The maximum absolute atomic E-state index is 10.6. The van der Waals surface area contributed by atoms with Gasteiger partial charge in [0, 0.05) is 11.8 Å². The Morgan fingerprint density at radius 2 is 2.50 bits per heavy atom. The molecule has 10 heavy (non-hydrogen) atoms. The maximum Gasteiger partial charge on any atom is 0.244 e. The van der Waals surface area contributed by atoms with Gasteiger partial charge in [-0.05, 0) is 0 Å². The van der Waals surface area contributed by atoms with Crippen LogP contribution in [-0.2, 0) is 9.63 Å². The Kier molecular flexibility index (Phi) is 6.53. The van der Waals surface area contributed by atoms with Crippen LogP contribution in [0.2, 0.25) is 0 Å². The fourth-order valence-electron chi connectivity index (χ4n) is 0.318. The first kappa shape index (κ1) is 9.65. The Labute approximate surface area is 68.5 Å². The van der Waals surface area contributed by atoms with Gasteiger partial charge in [0.25, 0.3) is 0 Å². The van der Waals surface area contributed by atoms with Crippen molar-refractivity contribution in [2.75, 3.05) is 11.9 Å². The minimum Gasteiger partial charge on any atom is -0.273 e. The van der Waals surface area contributed by atoms with Crippen LogP contribution in [-0.4, -0.2) is 17.8 Å². The molecule has 0 fully saturated rings. The summed E-state index contributed by atoms with van der Waals surface area (Å²) in [5.41, 5.74) is 2.24. The van der Waals surface area contributed by atoms with E-state index >= 15 is 0 Å². The molecule has 0 atom stereocenters. The first-order valence-electron chi connectivity index (χ1n) is 2.88. The molecule has 1 N–H and O–H groups in total. The van der Waals surface area contributed by atoms with Crippen molar-refractivity contribution in [2.45, 2.75) is 6.42 Å². The van der Waals surface area contributed by atoms with Crippen LogP contribution in [0.5, 0.6) is 0 Å². The molecule has 0 heterocycles. The molecule has 1 amide bonds. The zero-order chi connectivity index (χ0) is 7.82. The van der Waals surface area contributed by atoms with Gasteiger partial charge in [-0.2, -0.15) is 0 Å². The second-order valence-electron chi connectivity index (χ2n) is 1.56. The molecule has 4 heteroatoms. The lowest BCUT2D eigenvalue weighted by molar-refractivity contribution is -0.132. The summed E-state index contributed by atoms with van der Waals surface area (Å²) in [5.74, 6) is -0.126. The van der Waals surface area contributed by atoms with E-state index in [0.717, 1.165) is 0 Å². The highest BCUT2D eigenvalue weighted by atomic mass is 79.9. The quantitative estimate of drug-likeness (QED) is 0.317. The highest BCUT2D eigenvalue weighted by Gasteiger charge is 1.96. The van der Waals surface area contributed by atoms with Crippen LogP contribution in [0.3, 0.4) is 0 Å². The number of hydrogen-bond acceptors (Lipinski definition) is 2. The van der Waals surface area contributed by atoms with Crippen molar-refractivity contribution in [1.82, 2.24) is 5.48 Å². The number of hydroxylamine groups is 1. The van der Waals surface area contributed by atoms with Crippen LogP contribution in [0.4, 0.5) is 0 Å². The maximum atomic E-state index is 10.6. The fourth-order valence-corrected chi connectivity index (χ4v) is 0.678. The second kappa shape index (κ2) is 6.77. The van der Waals surface area contributed by atoms with E-state index in [4.69, 9.17) is 0 Å². The SMILES string of the molecule is C=CCONC(=O)CCBr. The number of halogens is 1. The zero-order valence-corrected chi connectivity index (χ0v) is 7.19. The predicted molar refractivity (Wildman–Crippen MR) is 42.7 cm³/mol. The van der Waals surface area contributed by atoms with Crippen molar-refractivity contribution in [3.8, 4) is 0 Å². The molecular formula is C6H10BrNO2. The molecule has 0 aliphatic rings. The van der Waals surface area contributed by atoms with Crippen molar-refractivity contribution in [1.29, 1.82) is 0 Å². The molecule has 3 nitrogen and oxygen atoms in total. The minimum atomic E-state index is -0.126. The monoisotopic (exact) mass is 207 g/mol. The van der Waals surface area contributed by atoms with Gasteiger partial charge in [0.05, 0.1) is 6.61 Å². The summed E-state index contributed by atoms with van der Waals surface area (Å²) in [6, 6.07) is 0. The Hall–Kier alpha value is -0.350.